The minimum absolute atomic E-state index is 0.0220. The third-order valence-corrected chi connectivity index (χ3v) is 5.96. The van der Waals surface area contributed by atoms with Gasteiger partial charge in [0.25, 0.3) is 0 Å². The molecule has 33 heavy (non-hydrogen) atoms. The Labute approximate surface area is 196 Å². The van der Waals surface area contributed by atoms with E-state index in [-0.39, 0.29) is 11.7 Å². The average molecular weight is 455 g/mol. The molecule has 1 aliphatic heterocycles. The average Bonchev–Trinajstić information content (AvgIpc) is 2.85. The summed E-state index contributed by atoms with van der Waals surface area (Å²) in [7, 11) is 3.22. The Morgan fingerprint density at radius 3 is 2.27 bits per heavy atom. The molecule has 2 aromatic rings. The van der Waals surface area contributed by atoms with Gasteiger partial charge in [0.15, 0.2) is 17.3 Å². The van der Waals surface area contributed by atoms with E-state index in [0.717, 1.165) is 44.9 Å². The third-order valence-electron chi connectivity index (χ3n) is 5.96. The van der Waals surface area contributed by atoms with Gasteiger partial charge < -0.3 is 19.1 Å². The lowest BCUT2D eigenvalue weighted by molar-refractivity contribution is -0.133. The van der Waals surface area contributed by atoms with Crippen LogP contribution in [0.4, 0.5) is 0 Å². The predicted octanol–water partition coefficient (Wildman–Crippen LogP) is 3.45. The van der Waals surface area contributed by atoms with E-state index in [1.807, 2.05) is 17.0 Å². The first-order chi connectivity index (χ1) is 16.0. The van der Waals surface area contributed by atoms with Crippen molar-refractivity contribution in [3.05, 3.63) is 53.6 Å². The van der Waals surface area contributed by atoms with Crippen molar-refractivity contribution >= 4 is 11.7 Å². The standard InChI is InChI=1S/C26H34N2O5/c1-20(29)22-8-11-24(25(19-22)32-3)33-18-4-5-26(30)28-16-14-27(15-17-28)13-12-21-6-9-23(31-2)10-7-21/h6-11,19H,4-5,12-18H2,1-3H3. The first-order valence-electron chi connectivity index (χ1n) is 11.4. The van der Waals surface area contributed by atoms with Crippen molar-refractivity contribution in [3.8, 4) is 17.2 Å². The number of carbonyl (C=O) groups excluding carboxylic acids is 2. The lowest BCUT2D eigenvalue weighted by Gasteiger charge is -2.34. The van der Waals surface area contributed by atoms with E-state index in [0.29, 0.717) is 36.5 Å². The van der Waals surface area contributed by atoms with Crippen molar-refractivity contribution in [2.24, 2.45) is 0 Å². The molecule has 1 heterocycles. The fourth-order valence-electron chi connectivity index (χ4n) is 3.87. The van der Waals surface area contributed by atoms with Crippen LogP contribution in [-0.4, -0.2) is 75.0 Å². The van der Waals surface area contributed by atoms with Crippen molar-refractivity contribution in [2.75, 3.05) is 53.6 Å². The van der Waals surface area contributed by atoms with Crippen LogP contribution in [0.25, 0.3) is 0 Å². The molecule has 0 N–H and O–H groups in total. The van der Waals surface area contributed by atoms with Crippen molar-refractivity contribution in [3.63, 3.8) is 0 Å². The van der Waals surface area contributed by atoms with Gasteiger partial charge in [-0.15, -0.1) is 0 Å². The Bertz CT molecular complexity index is 921. The highest BCUT2D eigenvalue weighted by Crippen LogP contribution is 2.28. The van der Waals surface area contributed by atoms with Gasteiger partial charge in [-0.25, -0.2) is 0 Å². The molecule has 178 valence electrons. The van der Waals surface area contributed by atoms with E-state index >= 15 is 0 Å². The molecule has 1 aliphatic rings. The zero-order chi connectivity index (χ0) is 23.6. The normalized spacial score (nSPS) is 14.1. The Balaban J connectivity index is 1.34. The number of hydrogen-bond acceptors (Lipinski definition) is 6. The maximum absolute atomic E-state index is 12.6. The SMILES string of the molecule is COc1ccc(CCN2CCN(C(=O)CCCOc3ccc(C(C)=O)cc3OC)CC2)cc1. The molecule has 0 saturated carbocycles. The second-order valence-corrected chi connectivity index (χ2v) is 8.19. The van der Waals surface area contributed by atoms with Gasteiger partial charge >= 0.3 is 0 Å². The summed E-state index contributed by atoms with van der Waals surface area (Å²) in [4.78, 5) is 28.4. The Morgan fingerprint density at radius 1 is 0.909 bits per heavy atom. The molecule has 0 spiro atoms. The number of benzene rings is 2. The Kier molecular flexibility index (Phi) is 9.13. The van der Waals surface area contributed by atoms with E-state index < -0.39 is 0 Å². The quantitative estimate of drug-likeness (QED) is 0.383. The van der Waals surface area contributed by atoms with Gasteiger partial charge in [0, 0.05) is 44.7 Å². The van der Waals surface area contributed by atoms with Crippen LogP contribution in [0.15, 0.2) is 42.5 Å². The summed E-state index contributed by atoms with van der Waals surface area (Å²) < 4.78 is 16.3. The number of rotatable bonds is 11. The number of Topliss-reactive ketones (excluding diaryl/α,β-unsaturated/α-hetero) is 1. The van der Waals surface area contributed by atoms with Crippen molar-refractivity contribution in [1.82, 2.24) is 9.80 Å². The predicted molar refractivity (Wildman–Crippen MR) is 127 cm³/mol. The van der Waals surface area contributed by atoms with Crippen LogP contribution in [-0.2, 0) is 11.2 Å². The molecular formula is C26H34N2O5. The van der Waals surface area contributed by atoms with Crippen LogP contribution < -0.4 is 14.2 Å². The van der Waals surface area contributed by atoms with E-state index in [2.05, 4.69) is 17.0 Å². The number of hydrogen-bond donors (Lipinski definition) is 0. The number of amides is 1. The minimum atomic E-state index is -0.0220. The van der Waals surface area contributed by atoms with E-state index in [1.165, 1.54) is 12.5 Å². The number of ether oxygens (including phenoxy) is 3. The molecule has 0 bridgehead atoms. The maximum Gasteiger partial charge on any atom is 0.222 e. The maximum atomic E-state index is 12.6. The molecule has 7 nitrogen and oxygen atoms in total. The van der Waals surface area contributed by atoms with Crippen LogP contribution in [0, 0.1) is 0 Å². The molecule has 2 aromatic carbocycles. The van der Waals surface area contributed by atoms with E-state index in [1.54, 1.807) is 32.4 Å². The molecule has 0 aliphatic carbocycles. The first kappa shape index (κ1) is 24.6. The lowest BCUT2D eigenvalue weighted by atomic mass is 10.1. The first-order valence-corrected chi connectivity index (χ1v) is 11.4. The molecule has 3 rings (SSSR count). The van der Waals surface area contributed by atoms with Crippen molar-refractivity contribution < 1.29 is 23.8 Å². The third kappa shape index (κ3) is 7.22. The summed E-state index contributed by atoms with van der Waals surface area (Å²) >= 11 is 0. The summed E-state index contributed by atoms with van der Waals surface area (Å²) in [5, 5.41) is 0. The number of nitrogens with zero attached hydrogens (tertiary/aromatic N) is 2. The second kappa shape index (κ2) is 12.3. The molecular weight excluding hydrogens is 420 g/mol. The number of ketones is 1. The highest BCUT2D eigenvalue weighted by Gasteiger charge is 2.20. The van der Waals surface area contributed by atoms with Gasteiger partial charge in [-0.05, 0) is 55.7 Å². The summed E-state index contributed by atoms with van der Waals surface area (Å²) in [5.74, 6) is 2.14. The zero-order valence-corrected chi connectivity index (χ0v) is 19.8. The smallest absolute Gasteiger partial charge is 0.222 e. The van der Waals surface area contributed by atoms with Gasteiger partial charge in [-0.1, -0.05) is 12.1 Å². The molecule has 0 atom stereocenters. The Hall–Kier alpha value is -3.06. The zero-order valence-electron chi connectivity index (χ0n) is 19.8. The van der Waals surface area contributed by atoms with E-state index in [9.17, 15) is 9.59 Å². The monoisotopic (exact) mass is 454 g/mol. The van der Waals surface area contributed by atoms with Gasteiger partial charge in [0.1, 0.15) is 5.75 Å². The molecule has 1 amide bonds. The fourth-order valence-corrected chi connectivity index (χ4v) is 3.87. The van der Waals surface area contributed by atoms with Crippen LogP contribution in [0.5, 0.6) is 17.2 Å². The summed E-state index contributed by atoms with van der Waals surface area (Å²) in [6.07, 6.45) is 2.08. The van der Waals surface area contributed by atoms with Crippen molar-refractivity contribution in [2.45, 2.75) is 26.2 Å². The summed E-state index contributed by atoms with van der Waals surface area (Å²) in [6.45, 7) is 6.26. The van der Waals surface area contributed by atoms with Crippen molar-refractivity contribution in [1.29, 1.82) is 0 Å². The number of carbonyl (C=O) groups is 2. The van der Waals surface area contributed by atoms with Gasteiger partial charge in [0.05, 0.1) is 20.8 Å². The highest BCUT2D eigenvalue weighted by molar-refractivity contribution is 5.94. The minimum Gasteiger partial charge on any atom is -0.497 e. The molecule has 7 heteroatoms. The second-order valence-electron chi connectivity index (χ2n) is 8.19. The van der Waals surface area contributed by atoms with Crippen LogP contribution in [0.1, 0.15) is 35.7 Å². The number of methoxy groups -OCH3 is 2. The summed E-state index contributed by atoms with van der Waals surface area (Å²) in [6, 6.07) is 13.3. The summed E-state index contributed by atoms with van der Waals surface area (Å²) in [5.41, 5.74) is 1.87. The Morgan fingerprint density at radius 2 is 1.64 bits per heavy atom. The van der Waals surface area contributed by atoms with Gasteiger partial charge in [0.2, 0.25) is 5.91 Å². The fraction of sp³-hybridized carbons (Fsp3) is 0.462. The van der Waals surface area contributed by atoms with Gasteiger partial charge in [-0.3, -0.25) is 14.5 Å². The molecule has 0 radical (unpaired) electrons. The van der Waals surface area contributed by atoms with Crippen LogP contribution >= 0.6 is 0 Å². The van der Waals surface area contributed by atoms with Gasteiger partial charge in [-0.2, -0.15) is 0 Å². The molecule has 0 aromatic heterocycles. The molecule has 1 fully saturated rings. The molecule has 1 saturated heterocycles. The van der Waals surface area contributed by atoms with Crippen LogP contribution in [0.3, 0.4) is 0 Å². The topological polar surface area (TPSA) is 68.3 Å². The van der Waals surface area contributed by atoms with Crippen LogP contribution in [0.2, 0.25) is 0 Å². The largest absolute Gasteiger partial charge is 0.497 e. The lowest BCUT2D eigenvalue weighted by Crippen LogP contribution is -2.49. The molecule has 0 unspecified atom stereocenters. The highest BCUT2D eigenvalue weighted by atomic mass is 16.5. The van der Waals surface area contributed by atoms with E-state index in [4.69, 9.17) is 14.2 Å². The number of piperazine rings is 1.